The molecule has 11 nitrogen and oxygen atoms in total. The van der Waals surface area contributed by atoms with Crippen LogP contribution in [0.3, 0.4) is 0 Å². The molecule has 12 heteroatoms. The second-order valence-corrected chi connectivity index (χ2v) is 18.4. The van der Waals surface area contributed by atoms with Gasteiger partial charge in [0.2, 0.25) is 0 Å². The molecule has 0 aliphatic heterocycles. The molecular weight excluding hydrogens is 806 g/mol. The van der Waals surface area contributed by atoms with Gasteiger partial charge in [-0.3, -0.25) is 23.4 Å². The van der Waals surface area contributed by atoms with Crippen LogP contribution in [0.5, 0.6) is 0 Å². The number of phosphoric acid groups is 1. The minimum Gasteiger partial charge on any atom is -0.480 e. The number of phosphoric ester groups is 1. The summed E-state index contributed by atoms with van der Waals surface area (Å²) in [5, 5.41) is 8.91. The zero-order valence-corrected chi connectivity index (χ0v) is 40.4. The van der Waals surface area contributed by atoms with E-state index in [-0.39, 0.29) is 19.4 Å². The Balaban J connectivity index is 4.29. The summed E-state index contributed by atoms with van der Waals surface area (Å²) < 4.78 is 32.8. The number of ether oxygens (including phenoxy) is 2. The Morgan fingerprint density at radius 3 is 1.32 bits per heavy atom. The van der Waals surface area contributed by atoms with Gasteiger partial charge in [-0.05, 0) is 44.9 Å². The highest BCUT2D eigenvalue weighted by Crippen LogP contribution is 2.43. The highest BCUT2D eigenvalue weighted by molar-refractivity contribution is 7.47. The number of carboxylic acid groups (broad SMARTS) is 1. The maximum Gasteiger partial charge on any atom is 0.472 e. The molecule has 0 bridgehead atoms. The molecule has 0 saturated carbocycles. The third-order valence-electron chi connectivity index (χ3n) is 10.9. The van der Waals surface area contributed by atoms with Crippen molar-refractivity contribution in [2.24, 2.45) is 5.73 Å². The molecular formula is C50H92NO10P. The fourth-order valence-electron chi connectivity index (χ4n) is 6.97. The summed E-state index contributed by atoms with van der Waals surface area (Å²) in [5.41, 5.74) is 5.34. The van der Waals surface area contributed by atoms with Gasteiger partial charge in [0, 0.05) is 12.8 Å². The van der Waals surface area contributed by atoms with E-state index in [4.69, 9.17) is 24.8 Å². The number of allylic oxidation sites excluding steroid dienone is 6. The van der Waals surface area contributed by atoms with Crippen molar-refractivity contribution in [2.45, 2.75) is 244 Å². The van der Waals surface area contributed by atoms with Crippen LogP contribution in [0, 0.1) is 0 Å². The lowest BCUT2D eigenvalue weighted by atomic mass is 10.0. The second kappa shape index (κ2) is 45.3. The molecule has 4 N–H and O–H groups in total. The van der Waals surface area contributed by atoms with Gasteiger partial charge in [0.05, 0.1) is 13.2 Å². The Bertz CT molecular complexity index is 1190. The molecule has 0 heterocycles. The van der Waals surface area contributed by atoms with E-state index in [9.17, 15) is 23.8 Å². The Morgan fingerprint density at radius 2 is 0.871 bits per heavy atom. The molecule has 0 amide bonds. The van der Waals surface area contributed by atoms with Crippen molar-refractivity contribution in [2.75, 3.05) is 19.8 Å². The van der Waals surface area contributed by atoms with E-state index in [0.29, 0.717) is 19.3 Å². The smallest absolute Gasteiger partial charge is 0.472 e. The number of carboxylic acids is 1. The largest absolute Gasteiger partial charge is 0.480 e. The van der Waals surface area contributed by atoms with Crippen molar-refractivity contribution in [3.8, 4) is 0 Å². The summed E-state index contributed by atoms with van der Waals surface area (Å²) in [7, 11) is -4.73. The van der Waals surface area contributed by atoms with Crippen LogP contribution < -0.4 is 5.73 Å². The number of nitrogens with two attached hydrogens (primary N) is 1. The van der Waals surface area contributed by atoms with Crippen molar-refractivity contribution in [3.05, 3.63) is 36.5 Å². The standard InChI is InChI=1S/C50H92NO10P/c1-3-5-7-9-11-13-15-17-19-21-22-23-24-26-27-29-31-33-35-37-39-41-48(52)58-43-46(44-59-62(56,57)60-45-47(51)50(54)55)61-49(53)42-40-38-36-34-32-30-28-25-20-18-16-14-12-10-8-6-4-2/h18,20,28,30,34,36,46-47H,3-17,19,21-27,29,31-33,35,37-45,51H2,1-2H3,(H,54,55)(H,56,57)/b20-18+,30-28+,36-34+/t46-,47+/m1/s1. The maximum absolute atomic E-state index is 12.6. The van der Waals surface area contributed by atoms with E-state index in [0.717, 1.165) is 38.5 Å². The first-order valence-electron chi connectivity index (χ1n) is 25.0. The molecule has 362 valence electrons. The van der Waals surface area contributed by atoms with Crippen molar-refractivity contribution < 1.29 is 47.5 Å². The van der Waals surface area contributed by atoms with Gasteiger partial charge in [-0.15, -0.1) is 0 Å². The molecule has 3 atom stereocenters. The van der Waals surface area contributed by atoms with Crippen LogP contribution in [0.4, 0.5) is 0 Å². The highest BCUT2D eigenvalue weighted by Gasteiger charge is 2.28. The van der Waals surface area contributed by atoms with Gasteiger partial charge in [-0.2, -0.15) is 0 Å². The van der Waals surface area contributed by atoms with E-state index in [2.05, 4.69) is 48.8 Å². The maximum atomic E-state index is 12.6. The number of esters is 2. The number of hydrogen-bond donors (Lipinski definition) is 3. The van der Waals surface area contributed by atoms with Crippen LogP contribution in [0.2, 0.25) is 0 Å². The van der Waals surface area contributed by atoms with Crippen LogP contribution in [-0.2, 0) is 37.5 Å². The summed E-state index contributed by atoms with van der Waals surface area (Å²) >= 11 is 0. The van der Waals surface area contributed by atoms with Crippen molar-refractivity contribution in [3.63, 3.8) is 0 Å². The van der Waals surface area contributed by atoms with Gasteiger partial charge in [0.25, 0.3) is 0 Å². The first-order chi connectivity index (χ1) is 30.1. The molecule has 62 heavy (non-hydrogen) atoms. The molecule has 0 aromatic heterocycles. The summed E-state index contributed by atoms with van der Waals surface area (Å²) in [5.74, 6) is -2.43. The molecule has 0 fully saturated rings. The van der Waals surface area contributed by atoms with Gasteiger partial charge in [-0.25, -0.2) is 4.57 Å². The van der Waals surface area contributed by atoms with E-state index in [1.165, 1.54) is 148 Å². The van der Waals surface area contributed by atoms with Crippen molar-refractivity contribution in [1.29, 1.82) is 0 Å². The molecule has 0 rings (SSSR count). The number of unbranched alkanes of at least 4 members (excludes halogenated alkanes) is 27. The molecule has 0 aliphatic carbocycles. The summed E-state index contributed by atoms with van der Waals surface area (Å²) in [6.07, 6.45) is 50.8. The molecule has 1 unspecified atom stereocenters. The zero-order valence-electron chi connectivity index (χ0n) is 39.5. The average Bonchev–Trinajstić information content (AvgIpc) is 3.25. The predicted octanol–water partition coefficient (Wildman–Crippen LogP) is 14.0. The number of carbonyl (C=O) groups is 3. The van der Waals surface area contributed by atoms with Crippen LogP contribution in [-0.4, -0.2) is 59.9 Å². The molecule has 0 saturated heterocycles. The molecule has 0 radical (unpaired) electrons. The fourth-order valence-corrected chi connectivity index (χ4v) is 7.74. The zero-order chi connectivity index (χ0) is 45.6. The highest BCUT2D eigenvalue weighted by atomic mass is 31.2. The van der Waals surface area contributed by atoms with Crippen LogP contribution in [0.15, 0.2) is 36.5 Å². The Kier molecular flexibility index (Phi) is 43.6. The van der Waals surface area contributed by atoms with Crippen LogP contribution in [0.25, 0.3) is 0 Å². The van der Waals surface area contributed by atoms with E-state index in [1.807, 2.05) is 6.08 Å². The van der Waals surface area contributed by atoms with Crippen LogP contribution in [0.1, 0.15) is 232 Å². The van der Waals surface area contributed by atoms with Gasteiger partial charge >= 0.3 is 25.7 Å². The first-order valence-corrected chi connectivity index (χ1v) is 26.5. The minimum absolute atomic E-state index is 0.0915. The van der Waals surface area contributed by atoms with Gasteiger partial charge in [-0.1, -0.05) is 211 Å². The third kappa shape index (κ3) is 44.3. The fraction of sp³-hybridized carbons (Fsp3) is 0.820. The van der Waals surface area contributed by atoms with E-state index >= 15 is 0 Å². The lowest BCUT2D eigenvalue weighted by Crippen LogP contribution is -2.34. The SMILES string of the molecule is CCCCCCCC/C=C/C/C=C/C/C=C/CCCC(=O)O[C@H](COC(=O)CCCCCCCCCCCCCCCCCCCCCCC)COP(=O)(O)OC[C@H](N)C(=O)O. The summed E-state index contributed by atoms with van der Waals surface area (Å²) in [6, 6.07) is -1.53. The van der Waals surface area contributed by atoms with Crippen molar-refractivity contribution in [1.82, 2.24) is 0 Å². The topological polar surface area (TPSA) is 172 Å². The minimum atomic E-state index is -4.73. The lowest BCUT2D eigenvalue weighted by Gasteiger charge is -2.20. The number of aliphatic carboxylic acids is 1. The molecule has 0 spiro atoms. The number of carbonyl (C=O) groups excluding carboxylic acids is 2. The first kappa shape index (κ1) is 59.7. The van der Waals surface area contributed by atoms with E-state index in [1.54, 1.807) is 0 Å². The lowest BCUT2D eigenvalue weighted by molar-refractivity contribution is -0.161. The van der Waals surface area contributed by atoms with E-state index < -0.39 is 51.1 Å². The Labute approximate surface area is 378 Å². The molecule has 0 aliphatic rings. The van der Waals surface area contributed by atoms with Gasteiger partial charge in [0.1, 0.15) is 12.6 Å². The van der Waals surface area contributed by atoms with Crippen LogP contribution >= 0.6 is 7.82 Å². The third-order valence-corrected chi connectivity index (χ3v) is 11.8. The predicted molar refractivity (Wildman–Crippen MR) is 254 cm³/mol. The monoisotopic (exact) mass is 898 g/mol. The van der Waals surface area contributed by atoms with Gasteiger partial charge in [0.15, 0.2) is 6.10 Å². The Morgan fingerprint density at radius 1 is 0.500 bits per heavy atom. The number of hydrogen-bond acceptors (Lipinski definition) is 9. The summed E-state index contributed by atoms with van der Waals surface area (Å²) in [6.45, 7) is 2.78. The summed E-state index contributed by atoms with van der Waals surface area (Å²) in [4.78, 5) is 46.1. The normalized spacial score (nSPS) is 13.9. The average molecular weight is 898 g/mol. The van der Waals surface area contributed by atoms with Gasteiger partial charge < -0.3 is 25.2 Å². The second-order valence-electron chi connectivity index (χ2n) is 17.0. The van der Waals surface area contributed by atoms with Crippen molar-refractivity contribution >= 4 is 25.7 Å². The Hall–Kier alpha value is -2.30. The number of rotatable bonds is 47. The molecule has 0 aromatic rings. The molecule has 0 aromatic carbocycles. The quantitative estimate of drug-likeness (QED) is 0.0230.